The van der Waals surface area contributed by atoms with Gasteiger partial charge in [0.2, 0.25) is 17.7 Å². The van der Waals surface area contributed by atoms with Crippen LogP contribution in [0.4, 0.5) is 35.9 Å². The molecule has 1 saturated carbocycles. The van der Waals surface area contributed by atoms with Gasteiger partial charge in [-0.15, -0.1) is 12.6 Å². The number of likely N-dealkylation sites (tertiary alicyclic amines) is 1. The molecule has 3 N–H and O–H groups in total. The van der Waals surface area contributed by atoms with Crippen LogP contribution in [0.5, 0.6) is 5.75 Å². The maximum Gasteiger partial charge on any atom is 0.419 e. The first kappa shape index (κ1) is 43.1. The molecule has 0 radical (unpaired) electrons. The van der Waals surface area contributed by atoms with Crippen molar-refractivity contribution in [3.63, 3.8) is 0 Å². The Balaban J connectivity index is 0.927. The lowest BCUT2D eigenvalue weighted by molar-refractivity contribution is -0.138. The molecule has 4 fully saturated rings. The molecule has 7 rings (SSSR count). The highest BCUT2D eigenvalue weighted by atomic mass is 35.5. The van der Waals surface area contributed by atoms with Crippen molar-refractivity contribution in [2.24, 2.45) is 5.92 Å². The number of thiol groups is 1. The van der Waals surface area contributed by atoms with Crippen molar-refractivity contribution in [3.05, 3.63) is 70.5 Å². The summed E-state index contributed by atoms with van der Waals surface area (Å²) in [4.78, 5) is 60.0. The van der Waals surface area contributed by atoms with Crippen molar-refractivity contribution < 1.29 is 37.1 Å². The van der Waals surface area contributed by atoms with Crippen LogP contribution < -0.4 is 30.5 Å². The van der Waals surface area contributed by atoms with Crippen LogP contribution in [0.15, 0.2) is 48.7 Å². The van der Waals surface area contributed by atoms with E-state index in [1.165, 1.54) is 11.0 Å². The molecule has 3 atom stereocenters. The van der Waals surface area contributed by atoms with Crippen LogP contribution in [0.2, 0.25) is 5.02 Å². The van der Waals surface area contributed by atoms with Crippen LogP contribution >= 0.6 is 24.2 Å². The molecule has 3 aliphatic heterocycles. The van der Waals surface area contributed by atoms with E-state index in [1.807, 2.05) is 36.9 Å². The quantitative estimate of drug-likeness (QED) is 0.111. The number of benzene rings is 2. The average molecular weight is 867 g/mol. The second-order valence-electron chi connectivity index (χ2n) is 15.8. The number of nitriles is 1. The number of aromatic nitrogens is 1. The zero-order chi connectivity index (χ0) is 42.9. The summed E-state index contributed by atoms with van der Waals surface area (Å²) in [7, 11) is 0. The number of nitrogens with one attached hydrogen (secondary N) is 3. The van der Waals surface area contributed by atoms with Gasteiger partial charge in [0, 0.05) is 28.5 Å². The van der Waals surface area contributed by atoms with Crippen LogP contribution in [0, 0.1) is 17.2 Å². The molecule has 1 aliphatic carbocycles. The molecule has 2 aromatic carbocycles. The van der Waals surface area contributed by atoms with E-state index >= 15 is 0 Å². The number of halogens is 4. The number of hydrogen-bond donors (Lipinski definition) is 4. The molecule has 60 heavy (non-hydrogen) atoms. The largest absolute Gasteiger partial charge is 0.493 e. The number of aryl methyl sites for hydroxylation is 1. The number of imide groups is 1. The van der Waals surface area contributed by atoms with Crippen molar-refractivity contribution in [1.29, 1.82) is 5.26 Å². The summed E-state index contributed by atoms with van der Waals surface area (Å²) in [5.41, 5.74) is -1.25. The monoisotopic (exact) mass is 866 g/mol. The van der Waals surface area contributed by atoms with E-state index in [-0.39, 0.29) is 29.8 Å². The van der Waals surface area contributed by atoms with Crippen LogP contribution in [0.3, 0.4) is 0 Å². The average Bonchev–Trinajstić information content (AvgIpc) is 3.44. The summed E-state index contributed by atoms with van der Waals surface area (Å²) < 4.78 is 47.8. The Labute approximate surface area is 356 Å². The summed E-state index contributed by atoms with van der Waals surface area (Å²) in [5.74, 6) is -0.132. The van der Waals surface area contributed by atoms with E-state index in [4.69, 9.17) is 29.0 Å². The molecular weight excluding hydrogens is 821 g/mol. The molecule has 18 heteroatoms. The Kier molecular flexibility index (Phi) is 12.6. The second-order valence-corrected chi connectivity index (χ2v) is 16.7. The third-order valence-electron chi connectivity index (χ3n) is 12.1. The topological polar surface area (TPSA) is 160 Å². The maximum absolute atomic E-state index is 14.0. The van der Waals surface area contributed by atoms with Crippen LogP contribution in [0.1, 0.15) is 82.0 Å². The van der Waals surface area contributed by atoms with Crippen molar-refractivity contribution in [2.45, 2.75) is 101 Å². The first-order valence-corrected chi connectivity index (χ1v) is 21.0. The zero-order valence-electron chi connectivity index (χ0n) is 33.1. The Hall–Kier alpha value is -5.05. The number of hydrogen-bond acceptors (Lipinski definition) is 11. The van der Waals surface area contributed by atoms with Gasteiger partial charge in [-0.05, 0) is 125 Å². The molecule has 4 aliphatic rings. The predicted octanol–water partition coefficient (Wildman–Crippen LogP) is 6.90. The van der Waals surface area contributed by atoms with Crippen LogP contribution in [0.25, 0.3) is 0 Å². The maximum atomic E-state index is 14.0. The van der Waals surface area contributed by atoms with Crippen molar-refractivity contribution in [1.82, 2.24) is 15.2 Å². The fourth-order valence-electron chi connectivity index (χ4n) is 8.54. The highest BCUT2D eigenvalue weighted by Gasteiger charge is 2.60. The fraction of sp³-hybridized carbons (Fsp3) is 0.476. The number of alkyl halides is 3. The van der Waals surface area contributed by atoms with Crippen LogP contribution in [-0.4, -0.2) is 76.3 Å². The van der Waals surface area contributed by atoms with Gasteiger partial charge in [0.15, 0.2) is 11.2 Å². The van der Waals surface area contributed by atoms with E-state index in [2.05, 4.69) is 25.8 Å². The minimum absolute atomic E-state index is 0.0754. The lowest BCUT2D eigenvalue weighted by atomic mass is 9.75. The van der Waals surface area contributed by atoms with Crippen molar-refractivity contribution in [2.75, 3.05) is 40.1 Å². The molecule has 3 aromatic rings. The minimum Gasteiger partial charge on any atom is -0.493 e. The number of piperidine rings is 2. The highest BCUT2D eigenvalue weighted by molar-refractivity contribution is 7.81. The number of anilines is 4. The summed E-state index contributed by atoms with van der Waals surface area (Å²) >= 11 is 11.1. The number of carbonyl (C=O) groups is 4. The zero-order valence-corrected chi connectivity index (χ0v) is 34.8. The first-order valence-electron chi connectivity index (χ1n) is 20.1. The molecule has 318 valence electrons. The number of amides is 4. The molecule has 13 nitrogen and oxygen atoms in total. The summed E-state index contributed by atoms with van der Waals surface area (Å²) in [6, 6.07) is 12.0. The molecule has 0 bridgehead atoms. The van der Waals surface area contributed by atoms with Crippen LogP contribution in [-0.2, 0) is 31.8 Å². The predicted molar refractivity (Wildman–Crippen MR) is 223 cm³/mol. The van der Waals surface area contributed by atoms with Gasteiger partial charge in [-0.1, -0.05) is 18.5 Å². The Morgan fingerprint density at radius 1 is 1.10 bits per heavy atom. The molecule has 1 spiro atoms. The Bertz CT molecular complexity index is 2210. The van der Waals surface area contributed by atoms with Gasteiger partial charge in [-0.2, -0.15) is 18.4 Å². The number of pyridine rings is 1. The number of rotatable bonds is 12. The van der Waals surface area contributed by atoms with Gasteiger partial charge in [-0.25, -0.2) is 4.98 Å². The molecule has 3 saturated heterocycles. The third kappa shape index (κ3) is 8.73. The minimum atomic E-state index is -4.83. The number of carbonyl (C=O) groups excluding carboxylic acids is 4. The first-order chi connectivity index (χ1) is 28.6. The van der Waals surface area contributed by atoms with Gasteiger partial charge in [0.05, 0.1) is 30.1 Å². The van der Waals surface area contributed by atoms with Crippen molar-refractivity contribution in [3.8, 4) is 11.8 Å². The lowest BCUT2D eigenvalue weighted by Gasteiger charge is -2.44. The number of nitrogens with zero attached hydrogens (tertiary/aromatic N) is 5. The van der Waals surface area contributed by atoms with Gasteiger partial charge >= 0.3 is 6.18 Å². The van der Waals surface area contributed by atoms with Gasteiger partial charge < -0.3 is 20.3 Å². The smallest absolute Gasteiger partial charge is 0.419 e. The summed E-state index contributed by atoms with van der Waals surface area (Å²) in [6.07, 6.45) is 1.94. The molecule has 0 unspecified atom stereocenters. The third-order valence-corrected chi connectivity index (χ3v) is 12.8. The molecule has 1 aromatic heterocycles. The summed E-state index contributed by atoms with van der Waals surface area (Å²) in [6.45, 7) is 5.83. The van der Waals surface area contributed by atoms with Crippen molar-refractivity contribution >= 4 is 70.6 Å². The Morgan fingerprint density at radius 3 is 2.48 bits per heavy atom. The van der Waals surface area contributed by atoms with Gasteiger partial charge in [-0.3, -0.25) is 34.3 Å². The van der Waals surface area contributed by atoms with E-state index < -0.39 is 46.5 Å². The molecule has 4 heterocycles. The standard InChI is InChI=1S/C42H46ClF3N8O5S/c1-3-26-17-30(54-40(60)53(39(58)41(54)12-4-13-41)31-21-32(42(44,45)46)34(22-47)48-23-31)5-7-35(26)59-16-11-25-9-14-52(15-10-25)24(2)37(56)50-29-19-27(43)18-28(20-29)49-33-6-8-36(55)51-38(33)57/h5,7,17-21,23-25,33,40,49,60H,3-4,6,8-16H2,1-2H3,(H,50,56)(H,51,55,57)/t24-,33-,40+/m1/s1. The SMILES string of the molecule is CCc1cc(N2[C@@H](S)N(c3cnc(C#N)c(C(F)(F)F)c3)C(=O)C23CCC3)ccc1OCCC1CCN([C@H](C)C(=O)Nc2cc(Cl)cc(N[C@@H]3CCC(=O)NC3=O)c2)CC1. The molecule has 4 amide bonds. The van der Waals surface area contributed by atoms with E-state index in [0.717, 1.165) is 56.6 Å². The Morgan fingerprint density at radius 2 is 1.83 bits per heavy atom. The van der Waals surface area contributed by atoms with E-state index in [9.17, 15) is 37.6 Å². The lowest BCUT2D eigenvalue weighted by Crippen LogP contribution is -2.55. The van der Waals surface area contributed by atoms with E-state index in [1.54, 1.807) is 18.2 Å². The molecular formula is C42H46ClF3N8O5S. The number of ether oxygens (including phenoxy) is 1. The highest BCUT2D eigenvalue weighted by Crippen LogP contribution is 2.51. The fourth-order valence-corrected chi connectivity index (χ4v) is 9.37. The summed E-state index contributed by atoms with van der Waals surface area (Å²) in [5, 5.41) is 18.0. The van der Waals surface area contributed by atoms with Gasteiger partial charge in [0.1, 0.15) is 23.4 Å². The van der Waals surface area contributed by atoms with Gasteiger partial charge in [0.25, 0.3) is 5.91 Å². The second kappa shape index (κ2) is 17.5. The normalized spacial score (nSPS) is 21.3. The van der Waals surface area contributed by atoms with E-state index in [0.29, 0.717) is 66.0 Å².